The zero-order chi connectivity index (χ0) is 14.4. The van der Waals surface area contributed by atoms with Gasteiger partial charge >= 0.3 is 5.97 Å². The van der Waals surface area contributed by atoms with E-state index in [1.807, 2.05) is 0 Å². The van der Waals surface area contributed by atoms with Gasteiger partial charge in [0.05, 0.1) is 17.3 Å². The SMILES string of the molecule is COC(=O)c1ccc(NC=C(C#N)C#N)c(Br)c1O. The van der Waals surface area contributed by atoms with Crippen LogP contribution in [-0.2, 0) is 4.74 Å². The van der Waals surface area contributed by atoms with Gasteiger partial charge in [-0.15, -0.1) is 0 Å². The van der Waals surface area contributed by atoms with E-state index in [1.165, 1.54) is 25.4 Å². The van der Waals surface area contributed by atoms with Gasteiger partial charge in [-0.25, -0.2) is 4.79 Å². The number of rotatable bonds is 3. The van der Waals surface area contributed by atoms with E-state index in [0.29, 0.717) is 5.69 Å². The lowest BCUT2D eigenvalue weighted by Crippen LogP contribution is -2.02. The molecule has 0 amide bonds. The van der Waals surface area contributed by atoms with E-state index in [0.717, 1.165) is 0 Å². The van der Waals surface area contributed by atoms with Gasteiger partial charge in [-0.05, 0) is 28.1 Å². The number of phenols is 1. The van der Waals surface area contributed by atoms with Crippen molar-refractivity contribution in [2.24, 2.45) is 0 Å². The van der Waals surface area contributed by atoms with E-state index < -0.39 is 5.97 Å². The number of carbonyl (C=O) groups is 1. The van der Waals surface area contributed by atoms with Gasteiger partial charge in [-0.1, -0.05) is 0 Å². The molecule has 0 aromatic heterocycles. The summed E-state index contributed by atoms with van der Waals surface area (Å²) in [5, 5.41) is 29.6. The molecule has 0 saturated carbocycles. The smallest absolute Gasteiger partial charge is 0.341 e. The summed E-state index contributed by atoms with van der Waals surface area (Å²) in [6.45, 7) is 0. The van der Waals surface area contributed by atoms with E-state index in [4.69, 9.17) is 10.5 Å². The Morgan fingerprint density at radius 3 is 2.63 bits per heavy atom. The quantitative estimate of drug-likeness (QED) is 0.653. The third-order valence-corrected chi connectivity index (χ3v) is 2.94. The molecule has 0 fully saturated rings. The Morgan fingerprint density at radius 1 is 1.47 bits per heavy atom. The molecule has 1 aromatic rings. The molecule has 1 aromatic carbocycles. The Hall–Kier alpha value is -2.51. The fourth-order valence-electron chi connectivity index (χ4n) is 1.19. The van der Waals surface area contributed by atoms with Crippen molar-refractivity contribution in [2.45, 2.75) is 0 Å². The number of phenolic OH excluding ortho intramolecular Hbond substituents is 1. The molecule has 0 radical (unpaired) electrons. The molecule has 19 heavy (non-hydrogen) atoms. The minimum atomic E-state index is -0.671. The van der Waals surface area contributed by atoms with Crippen molar-refractivity contribution in [3.05, 3.63) is 33.9 Å². The number of esters is 1. The average Bonchev–Trinajstić information content (AvgIpc) is 2.43. The van der Waals surface area contributed by atoms with Crippen molar-refractivity contribution in [3.63, 3.8) is 0 Å². The second-order valence-electron chi connectivity index (χ2n) is 3.24. The van der Waals surface area contributed by atoms with Crippen LogP contribution in [0.5, 0.6) is 5.75 Å². The highest BCUT2D eigenvalue weighted by molar-refractivity contribution is 9.10. The van der Waals surface area contributed by atoms with Gasteiger partial charge in [-0.2, -0.15) is 10.5 Å². The molecular weight excluding hydrogens is 314 g/mol. The lowest BCUT2D eigenvalue weighted by Gasteiger charge is -2.09. The lowest BCUT2D eigenvalue weighted by molar-refractivity contribution is 0.0597. The minimum absolute atomic E-state index is 0.00435. The van der Waals surface area contributed by atoms with Crippen LogP contribution in [0.25, 0.3) is 0 Å². The number of nitriles is 2. The topological polar surface area (TPSA) is 106 Å². The predicted molar refractivity (Wildman–Crippen MR) is 70.1 cm³/mol. The van der Waals surface area contributed by atoms with Crippen molar-refractivity contribution in [3.8, 4) is 17.9 Å². The summed E-state index contributed by atoms with van der Waals surface area (Å²) in [5.41, 5.74) is 0.279. The monoisotopic (exact) mass is 321 g/mol. The molecular formula is C12H8BrN3O3. The van der Waals surface area contributed by atoms with E-state index in [1.54, 1.807) is 12.1 Å². The number of hydrogen-bond donors (Lipinski definition) is 2. The predicted octanol–water partition coefficient (Wildman–Crippen LogP) is 2.28. The van der Waals surface area contributed by atoms with Crippen LogP contribution in [0.15, 0.2) is 28.4 Å². The van der Waals surface area contributed by atoms with Crippen LogP contribution >= 0.6 is 15.9 Å². The largest absolute Gasteiger partial charge is 0.506 e. The Balaban J connectivity index is 3.12. The maximum atomic E-state index is 11.3. The summed E-state index contributed by atoms with van der Waals surface area (Å²) >= 11 is 3.11. The Bertz CT molecular complexity index is 610. The maximum absolute atomic E-state index is 11.3. The van der Waals surface area contributed by atoms with Gasteiger partial charge in [0.1, 0.15) is 29.0 Å². The Morgan fingerprint density at radius 2 is 2.11 bits per heavy atom. The molecule has 0 bridgehead atoms. The number of allylic oxidation sites excluding steroid dienone is 1. The molecule has 0 spiro atoms. The molecule has 0 heterocycles. The first-order valence-corrected chi connectivity index (χ1v) is 5.71. The van der Waals surface area contributed by atoms with E-state index in [9.17, 15) is 9.90 Å². The molecule has 1 rings (SSSR count). The molecule has 96 valence electrons. The zero-order valence-corrected chi connectivity index (χ0v) is 11.4. The third-order valence-electron chi connectivity index (χ3n) is 2.13. The van der Waals surface area contributed by atoms with Gasteiger partial charge in [0, 0.05) is 6.20 Å². The second-order valence-corrected chi connectivity index (χ2v) is 4.03. The first-order valence-electron chi connectivity index (χ1n) is 4.91. The number of hydrogen-bond acceptors (Lipinski definition) is 6. The number of benzene rings is 1. The lowest BCUT2D eigenvalue weighted by atomic mass is 10.2. The highest BCUT2D eigenvalue weighted by Crippen LogP contribution is 2.35. The van der Waals surface area contributed by atoms with E-state index >= 15 is 0 Å². The third kappa shape index (κ3) is 3.24. The molecule has 0 aliphatic rings. The molecule has 6 nitrogen and oxygen atoms in total. The average molecular weight is 322 g/mol. The zero-order valence-electron chi connectivity index (χ0n) is 9.77. The molecule has 2 N–H and O–H groups in total. The van der Waals surface area contributed by atoms with Crippen LogP contribution in [-0.4, -0.2) is 18.2 Å². The molecule has 0 saturated heterocycles. The van der Waals surface area contributed by atoms with Gasteiger partial charge in [-0.3, -0.25) is 0 Å². The number of nitrogens with one attached hydrogen (secondary N) is 1. The molecule has 0 aliphatic heterocycles. The van der Waals surface area contributed by atoms with Crippen LogP contribution in [0.4, 0.5) is 5.69 Å². The number of carbonyl (C=O) groups excluding carboxylic acids is 1. The summed E-state index contributed by atoms with van der Waals surface area (Å²) in [7, 11) is 1.21. The highest BCUT2D eigenvalue weighted by atomic mass is 79.9. The van der Waals surface area contributed by atoms with Crippen molar-refractivity contribution in [1.82, 2.24) is 0 Å². The molecule has 0 atom stereocenters. The van der Waals surface area contributed by atoms with Crippen LogP contribution in [0.2, 0.25) is 0 Å². The second kappa shape index (κ2) is 6.43. The van der Waals surface area contributed by atoms with Gasteiger partial charge < -0.3 is 15.2 Å². The van der Waals surface area contributed by atoms with Crippen molar-refractivity contribution in [2.75, 3.05) is 12.4 Å². The summed E-state index contributed by atoms with van der Waals surface area (Å²) in [4.78, 5) is 11.3. The van der Waals surface area contributed by atoms with Crippen molar-refractivity contribution >= 4 is 27.6 Å². The molecule has 7 heteroatoms. The Labute approximate surface area is 117 Å². The first-order chi connectivity index (χ1) is 9.04. The number of nitrogens with zero attached hydrogens (tertiary/aromatic N) is 2. The van der Waals surface area contributed by atoms with Crippen LogP contribution < -0.4 is 5.32 Å². The maximum Gasteiger partial charge on any atom is 0.341 e. The summed E-state index contributed by atoms with van der Waals surface area (Å²) < 4.78 is 4.73. The number of aromatic hydroxyl groups is 1. The van der Waals surface area contributed by atoms with Crippen LogP contribution in [0, 0.1) is 22.7 Å². The van der Waals surface area contributed by atoms with Crippen molar-refractivity contribution in [1.29, 1.82) is 10.5 Å². The highest BCUT2D eigenvalue weighted by Gasteiger charge is 2.16. The molecule has 0 aliphatic carbocycles. The van der Waals surface area contributed by atoms with Gasteiger partial charge in [0.15, 0.2) is 0 Å². The van der Waals surface area contributed by atoms with E-state index in [2.05, 4.69) is 26.0 Å². The Kier molecular flexibility index (Phi) is 4.92. The number of anilines is 1. The number of ether oxygens (including phenoxy) is 1. The van der Waals surface area contributed by atoms with Gasteiger partial charge in [0.2, 0.25) is 0 Å². The fraction of sp³-hybridized carbons (Fsp3) is 0.0833. The number of halogens is 1. The van der Waals surface area contributed by atoms with Crippen molar-refractivity contribution < 1.29 is 14.6 Å². The number of methoxy groups -OCH3 is 1. The normalized spacial score (nSPS) is 8.84. The standard InChI is InChI=1S/C12H8BrN3O3/c1-19-12(18)8-2-3-9(10(13)11(8)17)16-6-7(4-14)5-15/h2-3,6,16-17H,1H3. The molecule has 0 unspecified atom stereocenters. The first kappa shape index (κ1) is 14.6. The summed E-state index contributed by atoms with van der Waals surface area (Å²) in [6.07, 6.45) is 1.19. The van der Waals surface area contributed by atoms with Crippen LogP contribution in [0.1, 0.15) is 10.4 Å². The van der Waals surface area contributed by atoms with Gasteiger partial charge in [0.25, 0.3) is 0 Å². The summed E-state index contributed by atoms with van der Waals surface area (Å²) in [5.74, 6) is -0.962. The van der Waals surface area contributed by atoms with Crippen LogP contribution in [0.3, 0.4) is 0 Å². The fourth-order valence-corrected chi connectivity index (χ4v) is 1.65. The summed E-state index contributed by atoms with van der Waals surface area (Å²) in [6, 6.07) is 6.22. The van der Waals surface area contributed by atoms with E-state index in [-0.39, 0.29) is 21.4 Å². The minimum Gasteiger partial charge on any atom is -0.506 e.